The number of hydrogen-bond acceptors (Lipinski definition) is 3. The second-order valence-electron chi connectivity index (χ2n) is 5.55. The maximum atomic E-state index is 13.1. The van der Waals surface area contributed by atoms with E-state index in [2.05, 4.69) is 5.10 Å². The van der Waals surface area contributed by atoms with Gasteiger partial charge in [0, 0.05) is 17.9 Å². The molecule has 0 aliphatic carbocycles. The normalized spacial score (nSPS) is 23.1. The van der Waals surface area contributed by atoms with Crippen LogP contribution in [0.2, 0.25) is 0 Å². The van der Waals surface area contributed by atoms with Gasteiger partial charge in [-0.2, -0.15) is 5.10 Å². The highest BCUT2D eigenvalue weighted by atomic mass is 19.3. The molecule has 19 heavy (non-hydrogen) atoms. The minimum Gasteiger partial charge on any atom is -0.399 e. The van der Waals surface area contributed by atoms with Crippen LogP contribution in [0.1, 0.15) is 34.0 Å². The zero-order valence-electron chi connectivity index (χ0n) is 11.2. The SMILES string of the molecule is CC1(C)OB(c2cnn(C(F)C(F)F)c2)OC1(C)C. The van der Waals surface area contributed by atoms with Gasteiger partial charge in [-0.25, -0.2) is 17.9 Å². The third-order valence-electron chi connectivity index (χ3n) is 3.61. The lowest BCUT2D eigenvalue weighted by atomic mass is 9.82. The van der Waals surface area contributed by atoms with E-state index in [-0.39, 0.29) is 0 Å². The monoisotopic (exact) mass is 276 g/mol. The molecule has 2 rings (SSSR count). The molecule has 2 heterocycles. The van der Waals surface area contributed by atoms with Crippen LogP contribution in [0.15, 0.2) is 12.4 Å². The molecule has 8 heteroatoms. The minimum atomic E-state index is -3.12. The van der Waals surface area contributed by atoms with E-state index >= 15 is 0 Å². The summed E-state index contributed by atoms with van der Waals surface area (Å²) in [5.74, 6) is 0. The highest BCUT2D eigenvalue weighted by Gasteiger charge is 2.52. The summed E-state index contributed by atoms with van der Waals surface area (Å²) < 4.78 is 49.6. The van der Waals surface area contributed by atoms with E-state index in [0.717, 1.165) is 0 Å². The topological polar surface area (TPSA) is 36.3 Å². The summed E-state index contributed by atoms with van der Waals surface area (Å²) in [5, 5.41) is 3.58. The van der Waals surface area contributed by atoms with Crippen molar-refractivity contribution in [3.8, 4) is 0 Å². The number of halogens is 3. The Morgan fingerprint density at radius 3 is 2.16 bits per heavy atom. The van der Waals surface area contributed by atoms with Crippen LogP contribution in [0.25, 0.3) is 0 Å². The molecule has 1 atom stereocenters. The Kier molecular flexibility index (Phi) is 3.42. The van der Waals surface area contributed by atoms with Crippen molar-refractivity contribution in [2.24, 2.45) is 0 Å². The van der Waals surface area contributed by atoms with Crippen molar-refractivity contribution in [1.29, 1.82) is 0 Å². The lowest BCUT2D eigenvalue weighted by Gasteiger charge is -2.32. The molecule has 0 aromatic carbocycles. The highest BCUT2D eigenvalue weighted by molar-refractivity contribution is 6.61. The van der Waals surface area contributed by atoms with Crippen LogP contribution in [0.5, 0.6) is 0 Å². The third kappa shape index (κ3) is 2.51. The van der Waals surface area contributed by atoms with Crippen LogP contribution < -0.4 is 5.46 Å². The predicted octanol–water partition coefficient (Wildman–Crippen LogP) is 1.92. The molecule has 106 valence electrons. The summed E-state index contributed by atoms with van der Waals surface area (Å²) in [6, 6.07) is 0. The molecule has 4 nitrogen and oxygen atoms in total. The quantitative estimate of drug-likeness (QED) is 0.791. The zero-order chi connectivity index (χ0) is 14.4. The van der Waals surface area contributed by atoms with Gasteiger partial charge in [-0.05, 0) is 27.7 Å². The number of nitrogens with zero attached hydrogens (tertiary/aromatic N) is 2. The van der Waals surface area contributed by atoms with E-state index in [0.29, 0.717) is 10.1 Å². The van der Waals surface area contributed by atoms with Crippen molar-refractivity contribution < 1.29 is 22.5 Å². The van der Waals surface area contributed by atoms with Gasteiger partial charge >= 0.3 is 7.12 Å². The fourth-order valence-electron chi connectivity index (χ4n) is 1.70. The molecule has 1 aliphatic rings. The molecule has 0 bridgehead atoms. The van der Waals surface area contributed by atoms with Crippen molar-refractivity contribution in [1.82, 2.24) is 9.78 Å². The van der Waals surface area contributed by atoms with Gasteiger partial charge in [-0.15, -0.1) is 0 Å². The Balaban J connectivity index is 2.17. The summed E-state index contributed by atoms with van der Waals surface area (Å²) in [6.07, 6.45) is -3.13. The molecule has 1 aliphatic heterocycles. The zero-order valence-corrected chi connectivity index (χ0v) is 11.2. The third-order valence-corrected chi connectivity index (χ3v) is 3.61. The van der Waals surface area contributed by atoms with E-state index < -0.39 is 31.0 Å². The summed E-state index contributed by atoms with van der Waals surface area (Å²) in [7, 11) is -0.733. The standard InChI is InChI=1S/C11H16BF3N2O2/c1-10(2)11(3,4)19-12(18-10)7-5-16-17(6-7)9(15)8(13)14/h5-6,8-9H,1-4H3. The van der Waals surface area contributed by atoms with Gasteiger partial charge in [0.25, 0.3) is 12.7 Å². The fraction of sp³-hybridized carbons (Fsp3) is 0.727. The molecule has 1 saturated heterocycles. The molecule has 1 aromatic rings. The van der Waals surface area contributed by atoms with Crippen LogP contribution in [-0.4, -0.2) is 34.5 Å². The van der Waals surface area contributed by atoms with Gasteiger partial charge in [0.05, 0.1) is 11.2 Å². The van der Waals surface area contributed by atoms with Crippen molar-refractivity contribution in [3.05, 3.63) is 12.4 Å². The van der Waals surface area contributed by atoms with Gasteiger partial charge in [0.15, 0.2) is 0 Å². The Hall–Kier alpha value is -1.02. The van der Waals surface area contributed by atoms with Crippen molar-refractivity contribution in [2.45, 2.75) is 51.6 Å². The van der Waals surface area contributed by atoms with Crippen LogP contribution in [0, 0.1) is 0 Å². The van der Waals surface area contributed by atoms with E-state index in [9.17, 15) is 13.2 Å². The second kappa shape index (κ2) is 4.52. The maximum Gasteiger partial charge on any atom is 0.498 e. The van der Waals surface area contributed by atoms with Gasteiger partial charge in [0.2, 0.25) is 0 Å². The van der Waals surface area contributed by atoms with Gasteiger partial charge in [-0.3, -0.25) is 0 Å². The number of aromatic nitrogens is 2. The predicted molar refractivity (Wildman–Crippen MR) is 64.1 cm³/mol. The summed E-state index contributed by atoms with van der Waals surface area (Å²) in [6.45, 7) is 7.48. The Morgan fingerprint density at radius 2 is 1.68 bits per heavy atom. The first-order valence-corrected chi connectivity index (χ1v) is 5.96. The van der Waals surface area contributed by atoms with Crippen molar-refractivity contribution in [3.63, 3.8) is 0 Å². The lowest BCUT2D eigenvalue weighted by Crippen LogP contribution is -2.41. The summed E-state index contributed by atoms with van der Waals surface area (Å²) in [5.41, 5.74) is -0.670. The van der Waals surface area contributed by atoms with Crippen LogP contribution >= 0.6 is 0 Å². The van der Waals surface area contributed by atoms with Crippen molar-refractivity contribution >= 4 is 12.6 Å². The first-order valence-electron chi connectivity index (χ1n) is 5.96. The first kappa shape index (κ1) is 14.4. The van der Waals surface area contributed by atoms with Gasteiger partial charge in [0.1, 0.15) is 0 Å². The molecule has 0 saturated carbocycles. The minimum absolute atomic E-state index is 0.418. The maximum absolute atomic E-state index is 13.1. The second-order valence-corrected chi connectivity index (χ2v) is 5.55. The largest absolute Gasteiger partial charge is 0.498 e. The van der Waals surface area contributed by atoms with Gasteiger partial charge in [-0.1, -0.05) is 0 Å². The lowest BCUT2D eigenvalue weighted by molar-refractivity contribution is 0.000796. The number of alkyl halides is 3. The average molecular weight is 276 g/mol. The molecular formula is C11H16BF3N2O2. The Labute approximate surface area is 110 Å². The van der Waals surface area contributed by atoms with E-state index in [1.54, 1.807) is 0 Å². The van der Waals surface area contributed by atoms with Gasteiger partial charge < -0.3 is 9.31 Å². The highest BCUT2D eigenvalue weighted by Crippen LogP contribution is 2.36. The van der Waals surface area contributed by atoms with E-state index in [1.165, 1.54) is 12.4 Å². The molecule has 0 radical (unpaired) electrons. The molecule has 0 amide bonds. The average Bonchev–Trinajstić information content (AvgIpc) is 2.81. The molecule has 1 unspecified atom stereocenters. The summed E-state index contributed by atoms with van der Waals surface area (Å²) >= 11 is 0. The molecular weight excluding hydrogens is 260 g/mol. The fourth-order valence-corrected chi connectivity index (χ4v) is 1.70. The molecule has 0 spiro atoms. The Bertz CT molecular complexity index is 449. The summed E-state index contributed by atoms with van der Waals surface area (Å²) in [4.78, 5) is 0. The van der Waals surface area contributed by atoms with Crippen molar-refractivity contribution in [2.75, 3.05) is 0 Å². The number of hydrogen-bond donors (Lipinski definition) is 0. The molecule has 1 aromatic heterocycles. The van der Waals surface area contributed by atoms with E-state index in [1.807, 2.05) is 27.7 Å². The van der Waals surface area contributed by atoms with Crippen LogP contribution in [0.3, 0.4) is 0 Å². The molecule has 1 fully saturated rings. The Morgan fingerprint density at radius 1 is 1.16 bits per heavy atom. The van der Waals surface area contributed by atoms with Crippen LogP contribution in [-0.2, 0) is 9.31 Å². The number of rotatable bonds is 3. The van der Waals surface area contributed by atoms with Crippen LogP contribution in [0.4, 0.5) is 13.2 Å². The molecule has 0 N–H and O–H groups in total. The first-order chi connectivity index (χ1) is 8.64. The van der Waals surface area contributed by atoms with E-state index in [4.69, 9.17) is 9.31 Å². The smallest absolute Gasteiger partial charge is 0.399 e.